The Labute approximate surface area is 151 Å². The highest BCUT2D eigenvalue weighted by atomic mass is 35.5. The Morgan fingerprint density at radius 2 is 1.52 bits per heavy atom. The van der Waals surface area contributed by atoms with Gasteiger partial charge < -0.3 is 9.52 Å². The van der Waals surface area contributed by atoms with Crippen molar-refractivity contribution in [2.45, 2.75) is 19.6 Å². The molecule has 0 unspecified atom stereocenters. The molecule has 0 aliphatic rings. The van der Waals surface area contributed by atoms with E-state index in [1.807, 2.05) is 42.5 Å². The second kappa shape index (κ2) is 8.01. The first-order valence-corrected chi connectivity index (χ1v) is 8.31. The summed E-state index contributed by atoms with van der Waals surface area (Å²) in [4.78, 5) is 13.2. The number of carboxylic acids is 1. The summed E-state index contributed by atoms with van der Waals surface area (Å²) >= 11 is 5.96. The normalized spacial score (nSPS) is 11.0. The summed E-state index contributed by atoms with van der Waals surface area (Å²) in [6, 6.07) is 21.1. The maximum absolute atomic E-state index is 11.0. The Kier molecular flexibility index (Phi) is 5.53. The molecule has 0 saturated carbocycles. The van der Waals surface area contributed by atoms with Crippen LogP contribution in [0.3, 0.4) is 0 Å². The van der Waals surface area contributed by atoms with Crippen molar-refractivity contribution in [1.29, 1.82) is 0 Å². The van der Waals surface area contributed by atoms with Crippen molar-refractivity contribution in [3.8, 4) is 0 Å². The van der Waals surface area contributed by atoms with E-state index in [1.165, 1.54) is 11.6 Å². The number of hydrogen-bond acceptors (Lipinski definition) is 3. The molecular formula is C20H18ClNO3. The summed E-state index contributed by atoms with van der Waals surface area (Å²) in [5, 5.41) is 9.71. The van der Waals surface area contributed by atoms with Gasteiger partial charge in [-0.1, -0.05) is 54.1 Å². The van der Waals surface area contributed by atoms with Gasteiger partial charge in [0, 0.05) is 18.1 Å². The lowest BCUT2D eigenvalue weighted by atomic mass is 10.1. The fourth-order valence-electron chi connectivity index (χ4n) is 2.66. The van der Waals surface area contributed by atoms with Gasteiger partial charge in [0.2, 0.25) is 5.76 Å². The van der Waals surface area contributed by atoms with Crippen molar-refractivity contribution in [3.05, 3.63) is 94.4 Å². The van der Waals surface area contributed by atoms with E-state index in [2.05, 4.69) is 17.0 Å². The number of halogens is 1. The van der Waals surface area contributed by atoms with Crippen LogP contribution in [0.4, 0.5) is 0 Å². The zero-order valence-corrected chi connectivity index (χ0v) is 14.3. The number of aromatic carboxylic acids is 1. The summed E-state index contributed by atoms with van der Waals surface area (Å²) in [5.41, 5.74) is 2.31. The highest BCUT2D eigenvalue weighted by molar-refractivity contribution is 6.30. The van der Waals surface area contributed by atoms with Crippen molar-refractivity contribution in [2.75, 3.05) is 0 Å². The smallest absolute Gasteiger partial charge is 0.371 e. The Morgan fingerprint density at radius 1 is 0.880 bits per heavy atom. The number of nitrogens with zero attached hydrogens (tertiary/aromatic N) is 1. The number of carbonyl (C=O) groups is 1. The molecule has 3 aromatic rings. The van der Waals surface area contributed by atoms with Crippen molar-refractivity contribution in [2.24, 2.45) is 0 Å². The van der Waals surface area contributed by atoms with Gasteiger partial charge in [-0.15, -0.1) is 0 Å². The first-order chi connectivity index (χ1) is 12.1. The molecule has 1 aromatic heterocycles. The van der Waals surface area contributed by atoms with Gasteiger partial charge in [0.15, 0.2) is 0 Å². The molecule has 1 N–H and O–H groups in total. The SMILES string of the molecule is O=C(O)c1ccc(CN(Cc2ccccc2)Cc2ccc(Cl)cc2)o1. The monoisotopic (exact) mass is 355 g/mol. The van der Waals surface area contributed by atoms with E-state index in [9.17, 15) is 4.79 Å². The Balaban J connectivity index is 1.77. The standard InChI is InChI=1S/C20H18ClNO3/c21-17-8-6-16(7-9-17)13-22(12-15-4-2-1-3-5-15)14-18-10-11-19(25-18)20(23)24/h1-11H,12-14H2,(H,23,24). The molecule has 0 spiro atoms. The molecule has 128 valence electrons. The maximum atomic E-state index is 11.0. The average Bonchev–Trinajstić information content (AvgIpc) is 3.07. The average molecular weight is 356 g/mol. The largest absolute Gasteiger partial charge is 0.475 e. The highest BCUT2D eigenvalue weighted by Gasteiger charge is 2.13. The minimum Gasteiger partial charge on any atom is -0.475 e. The van der Waals surface area contributed by atoms with Gasteiger partial charge in [-0.25, -0.2) is 4.79 Å². The minimum atomic E-state index is -1.06. The summed E-state index contributed by atoms with van der Waals surface area (Å²) in [5.74, 6) is -0.470. The molecule has 0 fully saturated rings. The maximum Gasteiger partial charge on any atom is 0.371 e. The number of benzene rings is 2. The summed E-state index contributed by atoms with van der Waals surface area (Å²) in [7, 11) is 0. The number of carboxylic acid groups (broad SMARTS) is 1. The van der Waals surface area contributed by atoms with Gasteiger partial charge in [0.05, 0.1) is 6.54 Å². The topological polar surface area (TPSA) is 53.7 Å². The zero-order valence-electron chi connectivity index (χ0n) is 13.6. The predicted octanol–water partition coefficient (Wildman–Crippen LogP) is 4.83. The third-order valence-corrected chi connectivity index (χ3v) is 4.07. The van der Waals surface area contributed by atoms with Crippen LogP contribution in [-0.4, -0.2) is 16.0 Å². The van der Waals surface area contributed by atoms with Gasteiger partial charge in [-0.05, 0) is 35.4 Å². The Bertz CT molecular complexity index is 828. The van der Waals surface area contributed by atoms with Crippen LogP contribution in [0.25, 0.3) is 0 Å². The van der Waals surface area contributed by atoms with E-state index in [4.69, 9.17) is 21.1 Å². The van der Waals surface area contributed by atoms with Crippen LogP contribution in [0.2, 0.25) is 5.02 Å². The molecular weight excluding hydrogens is 338 g/mol. The first kappa shape index (κ1) is 17.3. The van der Waals surface area contributed by atoms with Gasteiger partial charge >= 0.3 is 5.97 Å². The van der Waals surface area contributed by atoms with Crippen LogP contribution < -0.4 is 0 Å². The van der Waals surface area contributed by atoms with Crippen LogP contribution in [-0.2, 0) is 19.6 Å². The second-order valence-corrected chi connectivity index (χ2v) is 6.26. The van der Waals surface area contributed by atoms with Crippen LogP contribution >= 0.6 is 11.6 Å². The summed E-state index contributed by atoms with van der Waals surface area (Å²) in [6.45, 7) is 1.95. The fourth-order valence-corrected chi connectivity index (χ4v) is 2.78. The van der Waals surface area contributed by atoms with E-state index in [-0.39, 0.29) is 5.76 Å². The van der Waals surface area contributed by atoms with Crippen LogP contribution in [0, 0.1) is 0 Å². The molecule has 25 heavy (non-hydrogen) atoms. The lowest BCUT2D eigenvalue weighted by Gasteiger charge is -2.21. The molecule has 0 amide bonds. The van der Waals surface area contributed by atoms with E-state index < -0.39 is 5.97 Å². The van der Waals surface area contributed by atoms with E-state index in [0.717, 1.165) is 12.1 Å². The molecule has 3 rings (SSSR count). The summed E-state index contributed by atoms with van der Waals surface area (Å²) < 4.78 is 5.41. The molecule has 0 atom stereocenters. The van der Waals surface area contributed by atoms with Crippen molar-refractivity contribution in [1.82, 2.24) is 4.90 Å². The molecule has 4 nitrogen and oxygen atoms in total. The molecule has 0 bridgehead atoms. The Hall–Kier alpha value is -2.56. The fraction of sp³-hybridized carbons (Fsp3) is 0.150. The zero-order chi connectivity index (χ0) is 17.6. The molecule has 5 heteroatoms. The number of hydrogen-bond donors (Lipinski definition) is 1. The molecule has 2 aromatic carbocycles. The third kappa shape index (κ3) is 4.95. The van der Waals surface area contributed by atoms with Crippen LogP contribution in [0.5, 0.6) is 0 Å². The number of furan rings is 1. The molecule has 0 aliphatic heterocycles. The van der Waals surface area contributed by atoms with Crippen LogP contribution in [0.1, 0.15) is 27.4 Å². The van der Waals surface area contributed by atoms with Crippen molar-refractivity contribution in [3.63, 3.8) is 0 Å². The molecule has 0 aliphatic carbocycles. The van der Waals surface area contributed by atoms with Crippen LogP contribution in [0.15, 0.2) is 71.1 Å². The highest BCUT2D eigenvalue weighted by Crippen LogP contribution is 2.17. The predicted molar refractivity (Wildman–Crippen MR) is 96.5 cm³/mol. The second-order valence-electron chi connectivity index (χ2n) is 5.83. The third-order valence-electron chi connectivity index (χ3n) is 3.82. The van der Waals surface area contributed by atoms with Crippen molar-refractivity contribution < 1.29 is 14.3 Å². The van der Waals surface area contributed by atoms with Gasteiger partial charge in [-0.2, -0.15) is 0 Å². The molecule has 0 saturated heterocycles. The quantitative estimate of drug-likeness (QED) is 0.659. The van der Waals surface area contributed by atoms with Gasteiger partial charge in [0.1, 0.15) is 5.76 Å². The van der Waals surface area contributed by atoms with Gasteiger partial charge in [0.25, 0.3) is 0 Å². The van der Waals surface area contributed by atoms with E-state index in [0.29, 0.717) is 23.9 Å². The molecule has 0 radical (unpaired) electrons. The number of rotatable bonds is 7. The minimum absolute atomic E-state index is 0.0406. The summed E-state index contributed by atoms with van der Waals surface area (Å²) in [6.07, 6.45) is 0. The first-order valence-electron chi connectivity index (χ1n) is 7.93. The van der Waals surface area contributed by atoms with E-state index in [1.54, 1.807) is 6.07 Å². The van der Waals surface area contributed by atoms with Crippen molar-refractivity contribution >= 4 is 17.6 Å². The molecule has 1 heterocycles. The van der Waals surface area contributed by atoms with E-state index >= 15 is 0 Å². The Morgan fingerprint density at radius 3 is 2.12 bits per heavy atom. The van der Waals surface area contributed by atoms with Gasteiger partial charge in [-0.3, -0.25) is 4.90 Å². The lowest BCUT2D eigenvalue weighted by Crippen LogP contribution is -2.22. The lowest BCUT2D eigenvalue weighted by molar-refractivity contribution is 0.0658.